The van der Waals surface area contributed by atoms with Crippen LogP contribution in [0, 0.1) is 0 Å². The number of fused-ring (bicyclic) bond motifs is 1. The first kappa shape index (κ1) is 12.0. The average Bonchev–Trinajstić information content (AvgIpc) is 2.86. The van der Waals surface area contributed by atoms with Gasteiger partial charge in [-0.25, -0.2) is 0 Å². The monoisotopic (exact) mass is 247 g/mol. The summed E-state index contributed by atoms with van der Waals surface area (Å²) < 4.78 is 5.85. The average molecular weight is 247 g/mol. The summed E-state index contributed by atoms with van der Waals surface area (Å²) in [7, 11) is 0. The third kappa shape index (κ3) is 2.02. The van der Waals surface area contributed by atoms with Gasteiger partial charge in [0.05, 0.1) is 24.9 Å². The van der Waals surface area contributed by atoms with Crippen LogP contribution in [0.15, 0.2) is 24.3 Å². The van der Waals surface area contributed by atoms with Crippen molar-refractivity contribution in [2.24, 2.45) is 0 Å². The lowest BCUT2D eigenvalue weighted by Crippen LogP contribution is -2.49. The highest BCUT2D eigenvalue weighted by Crippen LogP contribution is 2.36. The molecule has 1 aromatic carbocycles. The Balaban J connectivity index is 1.93. The van der Waals surface area contributed by atoms with Crippen LogP contribution in [-0.4, -0.2) is 30.4 Å². The maximum Gasteiger partial charge on any atom is 0.0781 e. The molecule has 0 bridgehead atoms. The Hall–Kier alpha value is -1.06. The zero-order chi connectivity index (χ0) is 12.5. The van der Waals surface area contributed by atoms with Crippen LogP contribution in [0.25, 0.3) is 0 Å². The number of hydrogen-bond donors (Lipinski definition) is 1. The number of ether oxygens (including phenoxy) is 1. The van der Waals surface area contributed by atoms with E-state index in [4.69, 9.17) is 4.74 Å². The van der Waals surface area contributed by atoms with Gasteiger partial charge < -0.3 is 14.7 Å². The lowest BCUT2D eigenvalue weighted by atomic mass is 10.0. The molecule has 1 N–H and O–H groups in total. The predicted molar refractivity (Wildman–Crippen MR) is 71.8 cm³/mol. The number of morpholine rings is 1. The maximum absolute atomic E-state index is 9.92. The van der Waals surface area contributed by atoms with Crippen molar-refractivity contribution >= 4 is 5.69 Å². The van der Waals surface area contributed by atoms with Gasteiger partial charge in [0, 0.05) is 17.8 Å². The van der Waals surface area contributed by atoms with E-state index in [0.29, 0.717) is 12.1 Å². The van der Waals surface area contributed by atoms with Crippen molar-refractivity contribution in [3.8, 4) is 0 Å². The van der Waals surface area contributed by atoms with Gasteiger partial charge in [0.2, 0.25) is 0 Å². The highest BCUT2D eigenvalue weighted by Gasteiger charge is 2.36. The van der Waals surface area contributed by atoms with Crippen molar-refractivity contribution in [3.05, 3.63) is 29.8 Å². The molecule has 1 heterocycles. The topological polar surface area (TPSA) is 32.7 Å². The van der Waals surface area contributed by atoms with Crippen molar-refractivity contribution in [3.63, 3.8) is 0 Å². The standard InChI is InChI=1S/C15H21NO2/c1-11(17)12-5-2-3-6-13(12)16-9-10-18-15-8-4-7-14(15)16/h2-3,5-6,11,14-15,17H,4,7-10H2,1H3/t11-,14?,15?/m0/s1. The van der Waals surface area contributed by atoms with E-state index >= 15 is 0 Å². The fraction of sp³-hybridized carbons (Fsp3) is 0.600. The summed E-state index contributed by atoms with van der Waals surface area (Å²) in [6.45, 7) is 3.58. The molecule has 0 spiro atoms. The van der Waals surface area contributed by atoms with Crippen molar-refractivity contribution in [2.75, 3.05) is 18.1 Å². The fourth-order valence-electron chi connectivity index (χ4n) is 3.33. The number of rotatable bonds is 2. The first-order valence-electron chi connectivity index (χ1n) is 6.92. The lowest BCUT2D eigenvalue weighted by Gasteiger charge is -2.40. The van der Waals surface area contributed by atoms with Crippen molar-refractivity contribution < 1.29 is 9.84 Å². The Kier molecular flexibility index (Phi) is 3.27. The van der Waals surface area contributed by atoms with E-state index in [1.54, 1.807) is 0 Å². The Bertz CT molecular complexity index is 419. The van der Waals surface area contributed by atoms with Gasteiger partial charge in [-0.05, 0) is 32.3 Å². The molecule has 0 aromatic heterocycles. The van der Waals surface area contributed by atoms with E-state index < -0.39 is 6.10 Å². The summed E-state index contributed by atoms with van der Waals surface area (Å²) in [5, 5.41) is 9.92. The van der Waals surface area contributed by atoms with Gasteiger partial charge in [0.15, 0.2) is 0 Å². The normalized spacial score (nSPS) is 29.1. The van der Waals surface area contributed by atoms with Crippen LogP contribution >= 0.6 is 0 Å². The molecular formula is C15H21NO2. The summed E-state index contributed by atoms with van der Waals surface area (Å²) in [6.07, 6.45) is 3.61. The fourth-order valence-corrected chi connectivity index (χ4v) is 3.33. The molecule has 2 fully saturated rings. The van der Waals surface area contributed by atoms with Crippen LogP contribution in [0.4, 0.5) is 5.69 Å². The molecule has 1 aromatic rings. The summed E-state index contributed by atoms with van der Waals surface area (Å²) in [4.78, 5) is 2.45. The van der Waals surface area contributed by atoms with Gasteiger partial charge in [-0.1, -0.05) is 18.2 Å². The molecule has 1 aliphatic heterocycles. The molecule has 3 nitrogen and oxygen atoms in total. The van der Waals surface area contributed by atoms with Crippen molar-refractivity contribution in [1.29, 1.82) is 0 Å². The molecule has 2 aliphatic rings. The summed E-state index contributed by atoms with van der Waals surface area (Å²) in [5.74, 6) is 0. The molecular weight excluding hydrogens is 226 g/mol. The molecule has 1 aliphatic carbocycles. The third-order valence-electron chi connectivity index (χ3n) is 4.18. The van der Waals surface area contributed by atoms with Gasteiger partial charge in [-0.2, -0.15) is 0 Å². The molecule has 3 atom stereocenters. The number of aliphatic hydroxyl groups is 1. The number of para-hydroxylation sites is 1. The van der Waals surface area contributed by atoms with Crippen LogP contribution in [0.1, 0.15) is 37.9 Å². The van der Waals surface area contributed by atoms with E-state index in [2.05, 4.69) is 17.0 Å². The summed E-state index contributed by atoms with van der Waals surface area (Å²) >= 11 is 0. The van der Waals surface area contributed by atoms with E-state index in [1.807, 2.05) is 19.1 Å². The van der Waals surface area contributed by atoms with Gasteiger partial charge in [0.1, 0.15) is 0 Å². The molecule has 2 unspecified atom stereocenters. The minimum absolute atomic E-state index is 0.390. The minimum atomic E-state index is -0.413. The van der Waals surface area contributed by atoms with Crippen molar-refractivity contribution in [1.82, 2.24) is 0 Å². The number of benzene rings is 1. The van der Waals surface area contributed by atoms with Gasteiger partial charge in [-0.15, -0.1) is 0 Å². The second-order valence-electron chi connectivity index (χ2n) is 5.34. The van der Waals surface area contributed by atoms with Crippen LogP contribution < -0.4 is 4.90 Å². The summed E-state index contributed by atoms with van der Waals surface area (Å²) in [5.41, 5.74) is 2.22. The molecule has 0 amide bonds. The summed E-state index contributed by atoms with van der Waals surface area (Å²) in [6, 6.07) is 8.71. The third-order valence-corrected chi connectivity index (χ3v) is 4.18. The van der Waals surface area contributed by atoms with E-state index in [0.717, 1.165) is 18.7 Å². The molecule has 3 heteroatoms. The molecule has 1 saturated carbocycles. The molecule has 18 heavy (non-hydrogen) atoms. The highest BCUT2D eigenvalue weighted by atomic mass is 16.5. The zero-order valence-corrected chi connectivity index (χ0v) is 10.9. The first-order chi connectivity index (χ1) is 8.77. The maximum atomic E-state index is 9.92. The largest absolute Gasteiger partial charge is 0.389 e. The Labute approximate surface area is 108 Å². The molecule has 1 saturated heterocycles. The predicted octanol–water partition coefficient (Wildman–Crippen LogP) is 2.50. The second kappa shape index (κ2) is 4.90. The SMILES string of the molecule is C[C@H](O)c1ccccc1N1CCOC2CCCC21. The Morgan fingerprint density at radius 2 is 2.17 bits per heavy atom. The van der Waals surface area contributed by atoms with Gasteiger partial charge in [0.25, 0.3) is 0 Å². The number of aliphatic hydroxyl groups excluding tert-OH is 1. The number of nitrogens with zero attached hydrogens (tertiary/aromatic N) is 1. The van der Waals surface area contributed by atoms with E-state index in [-0.39, 0.29) is 0 Å². The van der Waals surface area contributed by atoms with Crippen LogP contribution in [0.3, 0.4) is 0 Å². The van der Waals surface area contributed by atoms with Gasteiger partial charge in [-0.3, -0.25) is 0 Å². The van der Waals surface area contributed by atoms with E-state index in [9.17, 15) is 5.11 Å². The number of hydrogen-bond acceptors (Lipinski definition) is 3. The van der Waals surface area contributed by atoms with Gasteiger partial charge >= 0.3 is 0 Å². The smallest absolute Gasteiger partial charge is 0.0781 e. The second-order valence-corrected chi connectivity index (χ2v) is 5.34. The lowest BCUT2D eigenvalue weighted by molar-refractivity contribution is 0.0254. The number of anilines is 1. The quantitative estimate of drug-likeness (QED) is 0.871. The molecule has 98 valence electrons. The van der Waals surface area contributed by atoms with Crippen LogP contribution in [0.2, 0.25) is 0 Å². The molecule has 0 radical (unpaired) electrons. The highest BCUT2D eigenvalue weighted by molar-refractivity contribution is 5.56. The Morgan fingerprint density at radius 1 is 1.33 bits per heavy atom. The molecule has 3 rings (SSSR count). The van der Waals surface area contributed by atoms with Crippen LogP contribution in [0.5, 0.6) is 0 Å². The Morgan fingerprint density at radius 3 is 3.00 bits per heavy atom. The zero-order valence-electron chi connectivity index (χ0n) is 10.9. The first-order valence-corrected chi connectivity index (χ1v) is 6.92. The minimum Gasteiger partial charge on any atom is -0.389 e. The van der Waals surface area contributed by atoms with E-state index in [1.165, 1.54) is 24.9 Å². The van der Waals surface area contributed by atoms with Crippen LogP contribution in [-0.2, 0) is 4.74 Å². The van der Waals surface area contributed by atoms with Crippen molar-refractivity contribution in [2.45, 2.75) is 44.4 Å².